The number of ether oxygens (including phenoxy) is 1. The first-order valence-corrected chi connectivity index (χ1v) is 11.5. The van der Waals surface area contributed by atoms with Crippen LogP contribution in [0.25, 0.3) is 5.82 Å². The molecule has 2 saturated heterocycles. The van der Waals surface area contributed by atoms with E-state index in [0.717, 1.165) is 62.8 Å². The maximum absolute atomic E-state index is 13.3. The van der Waals surface area contributed by atoms with Gasteiger partial charge in [-0.3, -0.25) is 4.79 Å². The number of anilines is 2. The Morgan fingerprint density at radius 1 is 0.939 bits per heavy atom. The Balaban J connectivity index is 1.19. The van der Waals surface area contributed by atoms with Gasteiger partial charge in [0.1, 0.15) is 5.75 Å². The Kier molecular flexibility index (Phi) is 6.10. The molecule has 0 saturated carbocycles. The Morgan fingerprint density at radius 2 is 1.73 bits per heavy atom. The van der Waals surface area contributed by atoms with Gasteiger partial charge in [-0.15, -0.1) is 10.2 Å². The van der Waals surface area contributed by atoms with E-state index >= 15 is 0 Å². The number of hydrogen-bond acceptors (Lipinski definition) is 7. The average molecular weight is 448 g/mol. The summed E-state index contributed by atoms with van der Waals surface area (Å²) in [6.07, 6.45) is 5.44. The fourth-order valence-corrected chi connectivity index (χ4v) is 4.72. The van der Waals surface area contributed by atoms with Crippen molar-refractivity contribution in [3.05, 3.63) is 54.9 Å². The molecule has 1 atom stereocenters. The number of rotatable bonds is 5. The predicted octanol–water partition coefficient (Wildman–Crippen LogP) is 2.24. The summed E-state index contributed by atoms with van der Waals surface area (Å²) in [4.78, 5) is 19.8. The van der Waals surface area contributed by atoms with Gasteiger partial charge in [0.25, 0.3) is 0 Å². The zero-order valence-corrected chi connectivity index (χ0v) is 18.9. The molecule has 9 nitrogen and oxygen atoms in total. The molecule has 2 aromatic heterocycles. The van der Waals surface area contributed by atoms with Crippen molar-refractivity contribution in [2.24, 2.45) is 5.92 Å². The number of methoxy groups -OCH3 is 1. The molecule has 9 heteroatoms. The van der Waals surface area contributed by atoms with E-state index < -0.39 is 0 Å². The van der Waals surface area contributed by atoms with Crippen molar-refractivity contribution in [1.29, 1.82) is 0 Å². The summed E-state index contributed by atoms with van der Waals surface area (Å²) >= 11 is 0. The number of carbonyl (C=O) groups is 1. The van der Waals surface area contributed by atoms with Crippen molar-refractivity contribution in [3.8, 4) is 11.6 Å². The van der Waals surface area contributed by atoms with Crippen LogP contribution in [0.4, 0.5) is 11.5 Å². The summed E-state index contributed by atoms with van der Waals surface area (Å²) in [5.74, 6) is 2.61. The molecule has 0 bridgehead atoms. The minimum Gasteiger partial charge on any atom is -0.495 e. The van der Waals surface area contributed by atoms with Gasteiger partial charge in [0.05, 0.1) is 18.7 Å². The topological polar surface area (TPSA) is 79.6 Å². The molecule has 1 amide bonds. The number of hydrogen-bond donors (Lipinski definition) is 0. The fraction of sp³-hybridized carbons (Fsp3) is 0.417. The molecule has 0 radical (unpaired) electrons. The summed E-state index contributed by atoms with van der Waals surface area (Å²) in [6.45, 7) is 4.64. The molecule has 3 aromatic rings. The van der Waals surface area contributed by atoms with Crippen molar-refractivity contribution < 1.29 is 9.53 Å². The molecule has 0 N–H and O–H groups in total. The summed E-state index contributed by atoms with van der Waals surface area (Å²) in [5.41, 5.74) is 1.09. The van der Waals surface area contributed by atoms with Crippen LogP contribution in [0.15, 0.2) is 54.9 Å². The van der Waals surface area contributed by atoms with Crippen LogP contribution in [-0.2, 0) is 4.79 Å². The van der Waals surface area contributed by atoms with E-state index in [1.165, 1.54) is 0 Å². The van der Waals surface area contributed by atoms with Gasteiger partial charge in [-0.25, -0.2) is 4.68 Å². The highest BCUT2D eigenvalue weighted by molar-refractivity contribution is 5.80. The number of nitrogens with zero attached hydrogens (tertiary/aromatic N) is 7. The number of aromatic nitrogens is 4. The number of piperidine rings is 1. The highest BCUT2D eigenvalue weighted by Gasteiger charge is 2.32. The lowest BCUT2D eigenvalue weighted by atomic mass is 9.96. The minimum absolute atomic E-state index is 0.0100. The maximum Gasteiger partial charge on any atom is 0.227 e. The number of benzene rings is 1. The van der Waals surface area contributed by atoms with Gasteiger partial charge < -0.3 is 19.4 Å². The van der Waals surface area contributed by atoms with Crippen molar-refractivity contribution in [3.63, 3.8) is 0 Å². The van der Waals surface area contributed by atoms with Crippen molar-refractivity contribution in [2.45, 2.75) is 12.8 Å². The Hall–Kier alpha value is -3.62. The normalized spacial score (nSPS) is 18.9. The molecule has 0 spiro atoms. The highest BCUT2D eigenvalue weighted by atomic mass is 16.5. The third-order valence-electron chi connectivity index (χ3n) is 6.49. The molecule has 1 unspecified atom stereocenters. The molecular weight excluding hydrogens is 418 g/mol. The largest absolute Gasteiger partial charge is 0.495 e. The second-order valence-electron chi connectivity index (χ2n) is 8.47. The monoisotopic (exact) mass is 447 g/mol. The van der Waals surface area contributed by atoms with E-state index in [4.69, 9.17) is 4.74 Å². The van der Waals surface area contributed by atoms with Crippen LogP contribution in [0, 0.1) is 5.92 Å². The van der Waals surface area contributed by atoms with Crippen molar-refractivity contribution in [2.75, 3.05) is 56.2 Å². The van der Waals surface area contributed by atoms with Crippen LogP contribution in [-0.4, -0.2) is 77.2 Å². The summed E-state index contributed by atoms with van der Waals surface area (Å²) < 4.78 is 7.19. The van der Waals surface area contributed by atoms with E-state index in [2.05, 4.69) is 31.2 Å². The molecule has 4 heterocycles. The third-order valence-corrected chi connectivity index (χ3v) is 6.49. The van der Waals surface area contributed by atoms with Crippen LogP contribution in [0.5, 0.6) is 5.75 Å². The molecule has 2 fully saturated rings. The fourth-order valence-electron chi connectivity index (χ4n) is 4.72. The van der Waals surface area contributed by atoms with Crippen LogP contribution in [0.2, 0.25) is 0 Å². The van der Waals surface area contributed by atoms with Gasteiger partial charge in [0.2, 0.25) is 5.91 Å². The third kappa shape index (κ3) is 4.48. The molecule has 1 aromatic carbocycles. The highest BCUT2D eigenvalue weighted by Crippen LogP contribution is 2.29. The van der Waals surface area contributed by atoms with Crippen LogP contribution < -0.4 is 14.5 Å². The number of carbonyl (C=O) groups excluding carboxylic acids is 1. The minimum atomic E-state index is -0.0100. The molecule has 0 aliphatic carbocycles. The van der Waals surface area contributed by atoms with Gasteiger partial charge in [-0.05, 0) is 43.2 Å². The van der Waals surface area contributed by atoms with Gasteiger partial charge in [0, 0.05) is 51.7 Å². The summed E-state index contributed by atoms with van der Waals surface area (Å²) in [6, 6.07) is 13.8. The molecule has 5 rings (SSSR count). The zero-order valence-electron chi connectivity index (χ0n) is 18.9. The van der Waals surface area contributed by atoms with E-state index in [1.54, 1.807) is 18.0 Å². The van der Waals surface area contributed by atoms with Crippen LogP contribution in [0.1, 0.15) is 12.8 Å². The van der Waals surface area contributed by atoms with Crippen LogP contribution in [0.3, 0.4) is 0 Å². The molecule has 33 heavy (non-hydrogen) atoms. The number of piperazine rings is 1. The first kappa shape index (κ1) is 21.2. The smallest absolute Gasteiger partial charge is 0.227 e. The molecule has 172 valence electrons. The van der Waals surface area contributed by atoms with Crippen molar-refractivity contribution >= 4 is 17.4 Å². The molecule has 2 aliphatic rings. The first-order valence-electron chi connectivity index (χ1n) is 11.5. The lowest BCUT2D eigenvalue weighted by molar-refractivity contribution is -0.136. The van der Waals surface area contributed by atoms with Gasteiger partial charge in [0.15, 0.2) is 11.6 Å². The van der Waals surface area contributed by atoms with E-state index in [9.17, 15) is 4.79 Å². The SMILES string of the molecule is COc1ccccc1N1CCN(C(=O)C2CCCN(c3ccc(-n4cccn4)nn3)C2)CC1. The predicted molar refractivity (Wildman–Crippen MR) is 126 cm³/mol. The van der Waals surface area contributed by atoms with Gasteiger partial charge in [-0.1, -0.05) is 12.1 Å². The Morgan fingerprint density at radius 3 is 2.45 bits per heavy atom. The Labute approximate surface area is 193 Å². The van der Waals surface area contributed by atoms with Crippen molar-refractivity contribution in [1.82, 2.24) is 24.9 Å². The van der Waals surface area contributed by atoms with E-state index in [0.29, 0.717) is 12.4 Å². The lowest BCUT2D eigenvalue weighted by Gasteiger charge is -2.40. The van der Waals surface area contributed by atoms with Crippen LogP contribution >= 0.6 is 0 Å². The van der Waals surface area contributed by atoms with E-state index in [1.807, 2.05) is 47.5 Å². The van der Waals surface area contributed by atoms with E-state index in [-0.39, 0.29) is 11.8 Å². The first-order chi connectivity index (χ1) is 16.2. The standard InChI is InChI=1S/C24H29N7O2/c1-33-21-8-3-2-7-20(21)28-14-16-29(17-15-28)24(32)19-6-4-12-30(18-19)22-9-10-23(27-26-22)31-13-5-11-25-31/h2-3,5,7-11,13,19H,4,6,12,14-18H2,1H3. The second kappa shape index (κ2) is 9.48. The van der Waals surface area contributed by atoms with Gasteiger partial charge >= 0.3 is 0 Å². The second-order valence-corrected chi connectivity index (χ2v) is 8.47. The average Bonchev–Trinajstić information content (AvgIpc) is 3.44. The number of amides is 1. The quantitative estimate of drug-likeness (QED) is 0.593. The summed E-state index contributed by atoms with van der Waals surface area (Å²) in [5, 5.41) is 12.9. The Bertz CT molecular complexity index is 1060. The number of para-hydroxylation sites is 2. The maximum atomic E-state index is 13.3. The lowest BCUT2D eigenvalue weighted by Crippen LogP contribution is -2.52. The molecular formula is C24H29N7O2. The zero-order chi connectivity index (χ0) is 22.6. The van der Waals surface area contributed by atoms with Gasteiger partial charge in [-0.2, -0.15) is 5.10 Å². The molecule has 2 aliphatic heterocycles. The summed E-state index contributed by atoms with van der Waals surface area (Å²) in [7, 11) is 1.70.